The van der Waals surface area contributed by atoms with Crippen LogP contribution in [0.25, 0.3) is 10.9 Å². The van der Waals surface area contributed by atoms with Gasteiger partial charge >= 0.3 is 6.18 Å². The van der Waals surface area contributed by atoms with Crippen molar-refractivity contribution < 1.29 is 21.6 Å². The summed E-state index contributed by atoms with van der Waals surface area (Å²) in [5.74, 6) is 1.95. The van der Waals surface area contributed by atoms with Gasteiger partial charge in [0.25, 0.3) is 0 Å². The second kappa shape index (κ2) is 11.0. The second-order valence-corrected chi connectivity index (χ2v) is 13.7. The molecule has 0 unspecified atom stereocenters. The third-order valence-electron chi connectivity index (χ3n) is 8.73. The smallest absolute Gasteiger partial charge is 0.357 e. The molecule has 1 aromatic carbocycles. The number of piperidine rings is 1. The van der Waals surface area contributed by atoms with E-state index in [9.17, 15) is 21.6 Å². The molecular weight excluding hydrogens is 529 g/mol. The maximum absolute atomic E-state index is 12.9. The second-order valence-electron chi connectivity index (χ2n) is 11.7. The molecule has 2 aliphatic heterocycles. The van der Waals surface area contributed by atoms with E-state index >= 15 is 0 Å². The third kappa shape index (κ3) is 6.77. The van der Waals surface area contributed by atoms with Gasteiger partial charge in [-0.3, -0.25) is 0 Å². The van der Waals surface area contributed by atoms with Crippen LogP contribution in [0.5, 0.6) is 0 Å². The Morgan fingerprint density at radius 2 is 1.77 bits per heavy atom. The van der Waals surface area contributed by atoms with Crippen molar-refractivity contribution >= 4 is 32.7 Å². The highest BCUT2D eigenvalue weighted by molar-refractivity contribution is 7.89. The van der Waals surface area contributed by atoms with Crippen molar-refractivity contribution in [2.24, 2.45) is 11.3 Å². The minimum Gasteiger partial charge on any atom is -0.357 e. The lowest BCUT2D eigenvalue weighted by Gasteiger charge is -2.55. The van der Waals surface area contributed by atoms with Crippen LogP contribution in [0.1, 0.15) is 51.0 Å². The summed E-state index contributed by atoms with van der Waals surface area (Å²) in [6.07, 6.45) is 0.949. The normalized spacial score (nSPS) is 24.2. The van der Waals surface area contributed by atoms with Crippen molar-refractivity contribution in [3.8, 4) is 0 Å². The monoisotopic (exact) mass is 568 g/mol. The van der Waals surface area contributed by atoms with E-state index in [2.05, 4.69) is 29.8 Å². The highest BCUT2D eigenvalue weighted by atomic mass is 32.2. The van der Waals surface area contributed by atoms with Gasteiger partial charge in [0, 0.05) is 43.5 Å². The van der Waals surface area contributed by atoms with E-state index < -0.39 is 22.6 Å². The van der Waals surface area contributed by atoms with Crippen molar-refractivity contribution in [2.45, 2.75) is 64.1 Å². The zero-order chi connectivity index (χ0) is 27.8. The molecule has 0 bridgehead atoms. The summed E-state index contributed by atoms with van der Waals surface area (Å²) in [6, 6.07) is 4.85. The van der Waals surface area contributed by atoms with Gasteiger partial charge in [-0.15, -0.1) is 0 Å². The van der Waals surface area contributed by atoms with Crippen LogP contribution < -0.4 is 14.9 Å². The zero-order valence-electron chi connectivity index (χ0n) is 22.7. The molecule has 2 saturated heterocycles. The van der Waals surface area contributed by atoms with Crippen molar-refractivity contribution in [3.05, 3.63) is 23.8 Å². The number of hydrogen-bond donors (Lipinski definition) is 2. The molecule has 1 aliphatic carbocycles. The Balaban J connectivity index is 1.15. The van der Waals surface area contributed by atoms with Crippen LogP contribution in [-0.2, 0) is 16.4 Å². The van der Waals surface area contributed by atoms with E-state index in [-0.39, 0.29) is 22.8 Å². The maximum atomic E-state index is 12.9. The maximum Gasteiger partial charge on any atom is 0.393 e. The number of nitrogens with zero attached hydrogens (tertiary/aromatic N) is 4. The quantitative estimate of drug-likeness (QED) is 0.494. The van der Waals surface area contributed by atoms with Crippen LogP contribution in [0.2, 0.25) is 0 Å². The summed E-state index contributed by atoms with van der Waals surface area (Å²) < 4.78 is 65.3. The first kappa shape index (κ1) is 28.4. The number of rotatable bonds is 8. The molecule has 39 heavy (non-hydrogen) atoms. The summed E-state index contributed by atoms with van der Waals surface area (Å²) in [4.78, 5) is 13.9. The Morgan fingerprint density at radius 1 is 1.08 bits per heavy atom. The predicted molar refractivity (Wildman–Crippen MR) is 148 cm³/mol. The van der Waals surface area contributed by atoms with Gasteiger partial charge in [-0.25, -0.2) is 18.1 Å². The number of halogens is 3. The molecule has 3 aliphatic rings. The zero-order valence-corrected chi connectivity index (χ0v) is 23.5. The van der Waals surface area contributed by atoms with Gasteiger partial charge < -0.3 is 15.1 Å². The van der Waals surface area contributed by atoms with Gasteiger partial charge in [-0.2, -0.15) is 18.2 Å². The Hall–Kier alpha value is -2.18. The summed E-state index contributed by atoms with van der Waals surface area (Å²) in [6.45, 7) is 6.65. The molecule has 216 valence electrons. The standard InChI is InChI=1S/C27H39F3N6O2S/c1-3-39(37,38)34-21-7-4-19(5-8-21)16-35-12-10-26(11-13-35)17-36(18-26)24-22-9-6-20(15-27(28,29)30)14-23(22)32-25(31-2)33-24/h6,9,14,19,21,34H,3-5,7-8,10-13,15-18H2,1-2H3,(H,31,32,33). The van der Waals surface area contributed by atoms with E-state index in [0.717, 1.165) is 82.5 Å². The molecule has 3 fully saturated rings. The molecule has 0 radical (unpaired) electrons. The first-order valence-electron chi connectivity index (χ1n) is 14.0. The SMILES string of the molecule is CCS(=O)(=O)NC1CCC(CN2CCC3(CC2)CN(c2nc(NC)nc4cc(CC(F)(F)F)ccc24)C3)CC1. The number of alkyl halides is 3. The molecule has 2 aromatic rings. The molecule has 3 heterocycles. The molecular formula is C27H39F3N6O2S. The fourth-order valence-corrected chi connectivity index (χ4v) is 7.37. The van der Waals surface area contributed by atoms with Gasteiger partial charge in [0.2, 0.25) is 16.0 Å². The lowest BCUT2D eigenvalue weighted by atomic mass is 9.71. The predicted octanol–water partition coefficient (Wildman–Crippen LogP) is 4.18. The fourth-order valence-electron chi connectivity index (χ4n) is 6.46. The number of nitrogens with one attached hydrogen (secondary N) is 2. The third-order valence-corrected chi connectivity index (χ3v) is 10.2. The minimum atomic E-state index is -4.26. The fraction of sp³-hybridized carbons (Fsp3) is 0.704. The first-order valence-corrected chi connectivity index (χ1v) is 15.6. The molecule has 12 heteroatoms. The van der Waals surface area contributed by atoms with Crippen LogP contribution in [0.4, 0.5) is 24.9 Å². The molecule has 0 atom stereocenters. The first-order chi connectivity index (χ1) is 18.5. The molecule has 1 saturated carbocycles. The number of sulfonamides is 1. The molecule has 2 N–H and O–H groups in total. The summed E-state index contributed by atoms with van der Waals surface area (Å²) in [5.41, 5.74) is 0.976. The average Bonchev–Trinajstić information content (AvgIpc) is 2.87. The van der Waals surface area contributed by atoms with Gasteiger partial charge in [0.05, 0.1) is 17.7 Å². The van der Waals surface area contributed by atoms with E-state index in [1.807, 2.05) is 0 Å². The Kier molecular flexibility index (Phi) is 8.00. The summed E-state index contributed by atoms with van der Waals surface area (Å²) >= 11 is 0. The minimum absolute atomic E-state index is 0.0781. The number of benzene rings is 1. The van der Waals surface area contributed by atoms with Crippen molar-refractivity contribution in [2.75, 3.05) is 55.7 Å². The molecule has 5 rings (SSSR count). The van der Waals surface area contributed by atoms with Crippen molar-refractivity contribution in [1.82, 2.24) is 19.6 Å². The highest BCUT2D eigenvalue weighted by Crippen LogP contribution is 2.44. The lowest BCUT2D eigenvalue weighted by Crippen LogP contribution is -2.61. The number of anilines is 2. The largest absolute Gasteiger partial charge is 0.393 e. The van der Waals surface area contributed by atoms with E-state index in [4.69, 9.17) is 0 Å². The summed E-state index contributed by atoms with van der Waals surface area (Å²) in [7, 11) is -1.42. The van der Waals surface area contributed by atoms with E-state index in [1.54, 1.807) is 20.0 Å². The van der Waals surface area contributed by atoms with Crippen molar-refractivity contribution in [3.63, 3.8) is 0 Å². The van der Waals surface area contributed by atoms with Gasteiger partial charge in [0.1, 0.15) is 5.82 Å². The summed E-state index contributed by atoms with van der Waals surface area (Å²) in [5, 5.41) is 3.73. The van der Waals surface area contributed by atoms with Crippen molar-refractivity contribution in [1.29, 1.82) is 0 Å². The Bertz CT molecular complexity index is 1260. The Morgan fingerprint density at radius 3 is 2.38 bits per heavy atom. The van der Waals surface area contributed by atoms with Gasteiger partial charge in [-0.1, -0.05) is 6.07 Å². The van der Waals surface area contributed by atoms with E-state index in [0.29, 0.717) is 17.4 Å². The molecule has 0 amide bonds. The van der Waals surface area contributed by atoms with Crippen LogP contribution in [-0.4, -0.2) is 81.0 Å². The van der Waals surface area contributed by atoms with Crippen LogP contribution >= 0.6 is 0 Å². The topological polar surface area (TPSA) is 90.5 Å². The van der Waals surface area contributed by atoms with E-state index in [1.165, 1.54) is 12.1 Å². The average molecular weight is 569 g/mol. The number of fused-ring (bicyclic) bond motifs is 1. The Labute approximate surface area is 228 Å². The molecule has 1 aromatic heterocycles. The number of hydrogen-bond acceptors (Lipinski definition) is 7. The van der Waals surface area contributed by atoms with Gasteiger partial charge in [-0.05, 0) is 82.2 Å². The van der Waals surface area contributed by atoms with Gasteiger partial charge in [0.15, 0.2) is 0 Å². The molecule has 1 spiro atoms. The number of aromatic nitrogens is 2. The van der Waals surface area contributed by atoms with Crippen LogP contribution in [0.3, 0.4) is 0 Å². The molecule has 8 nitrogen and oxygen atoms in total. The number of likely N-dealkylation sites (tertiary alicyclic amines) is 1. The van der Waals surface area contributed by atoms with Crippen LogP contribution in [0.15, 0.2) is 18.2 Å². The van der Waals surface area contributed by atoms with Crippen LogP contribution in [0, 0.1) is 11.3 Å². The lowest BCUT2D eigenvalue weighted by molar-refractivity contribution is -0.127. The highest BCUT2D eigenvalue weighted by Gasteiger charge is 2.46.